The van der Waals surface area contributed by atoms with E-state index in [0.29, 0.717) is 24.6 Å². The summed E-state index contributed by atoms with van der Waals surface area (Å²) in [5, 5.41) is 7.42. The first-order valence-electron chi connectivity index (χ1n) is 11.6. The van der Waals surface area contributed by atoms with Gasteiger partial charge in [0.2, 0.25) is 5.95 Å². The SMILES string of the molecule is COc1ccc2nc(Nc3cc(Cc4ccccc4)nc(Nc4ccc(CCC=O)cc4)n3)sc2c1. The molecule has 8 heteroatoms. The maximum absolute atomic E-state index is 10.6. The number of fused-ring (bicyclic) bond motifs is 1. The predicted molar refractivity (Wildman–Crippen MR) is 145 cm³/mol. The van der Waals surface area contributed by atoms with Gasteiger partial charge in [0.15, 0.2) is 5.13 Å². The lowest BCUT2D eigenvalue weighted by molar-refractivity contribution is -0.107. The summed E-state index contributed by atoms with van der Waals surface area (Å²) in [7, 11) is 1.66. The van der Waals surface area contributed by atoms with E-state index in [-0.39, 0.29) is 0 Å². The summed E-state index contributed by atoms with van der Waals surface area (Å²) in [4.78, 5) is 24.8. The molecule has 7 nitrogen and oxygen atoms in total. The molecule has 2 N–H and O–H groups in total. The molecule has 0 amide bonds. The Kier molecular flexibility index (Phi) is 7.14. The molecule has 0 fully saturated rings. The van der Waals surface area contributed by atoms with E-state index >= 15 is 0 Å². The smallest absolute Gasteiger partial charge is 0.229 e. The maximum atomic E-state index is 10.6. The average Bonchev–Trinajstić information content (AvgIpc) is 3.30. The molecule has 0 aliphatic carbocycles. The van der Waals surface area contributed by atoms with Gasteiger partial charge in [-0.2, -0.15) is 4.98 Å². The molecule has 0 unspecified atom stereocenters. The van der Waals surface area contributed by atoms with Gasteiger partial charge < -0.3 is 20.2 Å². The number of rotatable bonds is 10. The van der Waals surface area contributed by atoms with E-state index in [9.17, 15) is 4.79 Å². The molecular formula is C28H25N5O2S. The number of anilines is 4. The summed E-state index contributed by atoms with van der Waals surface area (Å²) in [6.07, 6.45) is 2.86. The number of hydrogen-bond acceptors (Lipinski definition) is 8. The van der Waals surface area contributed by atoms with Gasteiger partial charge in [-0.15, -0.1) is 0 Å². The van der Waals surface area contributed by atoms with Gasteiger partial charge in [-0.1, -0.05) is 53.8 Å². The van der Waals surface area contributed by atoms with Gasteiger partial charge >= 0.3 is 0 Å². The highest BCUT2D eigenvalue weighted by molar-refractivity contribution is 7.22. The van der Waals surface area contributed by atoms with Crippen molar-refractivity contribution < 1.29 is 9.53 Å². The topological polar surface area (TPSA) is 89.0 Å². The molecule has 0 bridgehead atoms. The fourth-order valence-corrected chi connectivity index (χ4v) is 4.72. The number of hydrogen-bond donors (Lipinski definition) is 2. The standard InChI is InChI=1S/C28H25N5O2S/c1-35-23-13-14-24-25(18-23)36-28(31-24)33-26-17-22(16-20-6-3-2-4-7-20)30-27(32-26)29-21-11-9-19(10-12-21)8-5-15-34/h2-4,6-7,9-15,17-18H,5,8,16H2,1H3,(H2,29,30,31,32,33). The lowest BCUT2D eigenvalue weighted by Gasteiger charge is -2.11. The zero-order valence-electron chi connectivity index (χ0n) is 19.8. The van der Waals surface area contributed by atoms with Crippen LogP contribution in [0, 0.1) is 0 Å². The lowest BCUT2D eigenvalue weighted by atomic mass is 10.1. The number of aromatic nitrogens is 3. The van der Waals surface area contributed by atoms with E-state index < -0.39 is 0 Å². The monoisotopic (exact) mass is 495 g/mol. The van der Waals surface area contributed by atoms with Crippen molar-refractivity contribution in [2.45, 2.75) is 19.3 Å². The van der Waals surface area contributed by atoms with Crippen molar-refractivity contribution in [2.75, 3.05) is 17.7 Å². The Morgan fingerprint density at radius 3 is 2.50 bits per heavy atom. The summed E-state index contributed by atoms with van der Waals surface area (Å²) in [6.45, 7) is 0. The largest absolute Gasteiger partial charge is 0.497 e. The quantitative estimate of drug-likeness (QED) is 0.220. The fourth-order valence-electron chi connectivity index (χ4n) is 3.82. The molecule has 0 radical (unpaired) electrons. The minimum atomic E-state index is 0.495. The highest BCUT2D eigenvalue weighted by atomic mass is 32.1. The fraction of sp³-hybridized carbons (Fsp3) is 0.143. The molecule has 0 aliphatic heterocycles. The number of nitrogens with zero attached hydrogens (tertiary/aromatic N) is 3. The summed E-state index contributed by atoms with van der Waals surface area (Å²) in [5.74, 6) is 1.95. The number of carbonyl (C=O) groups is 1. The van der Waals surface area contributed by atoms with E-state index in [2.05, 4.69) is 22.8 Å². The van der Waals surface area contributed by atoms with Crippen LogP contribution in [-0.2, 0) is 17.6 Å². The predicted octanol–water partition coefficient (Wildman–Crippen LogP) is 6.30. The van der Waals surface area contributed by atoms with Crippen molar-refractivity contribution in [2.24, 2.45) is 0 Å². The molecule has 2 aromatic heterocycles. The third-order valence-corrected chi connectivity index (χ3v) is 6.53. The second-order valence-corrected chi connectivity index (χ2v) is 9.27. The third kappa shape index (κ3) is 5.84. The van der Waals surface area contributed by atoms with Crippen LogP contribution in [0.1, 0.15) is 23.2 Å². The first kappa shape index (κ1) is 23.4. The Hall–Kier alpha value is -4.30. The Labute approximate surface area is 213 Å². The van der Waals surface area contributed by atoms with Crippen molar-refractivity contribution in [3.63, 3.8) is 0 Å². The molecule has 0 atom stereocenters. The minimum Gasteiger partial charge on any atom is -0.497 e. The second kappa shape index (κ2) is 11.0. The van der Waals surface area contributed by atoms with Crippen LogP contribution in [0.2, 0.25) is 0 Å². The molecular weight excluding hydrogens is 470 g/mol. The summed E-state index contributed by atoms with van der Waals surface area (Å²) in [6, 6.07) is 26.0. The third-order valence-electron chi connectivity index (χ3n) is 5.60. The molecule has 36 heavy (non-hydrogen) atoms. The highest BCUT2D eigenvalue weighted by Gasteiger charge is 2.10. The Morgan fingerprint density at radius 2 is 1.72 bits per heavy atom. The molecule has 0 spiro atoms. The average molecular weight is 496 g/mol. The first-order valence-corrected chi connectivity index (χ1v) is 12.4. The molecule has 0 aliphatic rings. The van der Waals surface area contributed by atoms with Crippen LogP contribution < -0.4 is 15.4 Å². The number of aryl methyl sites for hydroxylation is 1. The van der Waals surface area contributed by atoms with E-state index in [1.807, 2.05) is 66.7 Å². The van der Waals surface area contributed by atoms with Crippen LogP contribution in [0.3, 0.4) is 0 Å². The highest BCUT2D eigenvalue weighted by Crippen LogP contribution is 2.31. The molecule has 2 heterocycles. The van der Waals surface area contributed by atoms with Gasteiger partial charge in [-0.3, -0.25) is 0 Å². The number of thiazole rings is 1. The number of nitrogens with one attached hydrogen (secondary N) is 2. The van der Waals surface area contributed by atoms with Crippen LogP contribution >= 0.6 is 11.3 Å². The lowest BCUT2D eigenvalue weighted by Crippen LogP contribution is -2.04. The molecule has 5 aromatic rings. The molecule has 0 saturated carbocycles. The van der Waals surface area contributed by atoms with Gasteiger partial charge in [0.25, 0.3) is 0 Å². The normalized spacial score (nSPS) is 10.8. The maximum Gasteiger partial charge on any atom is 0.229 e. The van der Waals surface area contributed by atoms with E-state index in [1.54, 1.807) is 18.4 Å². The zero-order chi connectivity index (χ0) is 24.7. The van der Waals surface area contributed by atoms with Crippen molar-refractivity contribution in [1.29, 1.82) is 0 Å². The molecule has 3 aromatic carbocycles. The Morgan fingerprint density at radius 1 is 0.889 bits per heavy atom. The van der Waals surface area contributed by atoms with Gasteiger partial charge in [0, 0.05) is 24.6 Å². The van der Waals surface area contributed by atoms with Gasteiger partial charge in [-0.05, 0) is 47.9 Å². The van der Waals surface area contributed by atoms with Crippen molar-refractivity contribution in [3.8, 4) is 5.75 Å². The van der Waals surface area contributed by atoms with Crippen LogP contribution in [-0.4, -0.2) is 28.3 Å². The van der Waals surface area contributed by atoms with Crippen LogP contribution in [0.25, 0.3) is 10.2 Å². The summed E-state index contributed by atoms with van der Waals surface area (Å²) in [5.41, 5.74) is 4.93. The number of benzene rings is 3. The van der Waals surface area contributed by atoms with Crippen molar-refractivity contribution in [3.05, 3.63) is 95.7 Å². The van der Waals surface area contributed by atoms with Gasteiger partial charge in [0.1, 0.15) is 17.9 Å². The Balaban J connectivity index is 1.42. The number of ether oxygens (including phenoxy) is 1. The number of carbonyl (C=O) groups excluding carboxylic acids is 1. The van der Waals surface area contributed by atoms with Crippen LogP contribution in [0.4, 0.5) is 22.6 Å². The van der Waals surface area contributed by atoms with Gasteiger partial charge in [-0.25, -0.2) is 9.97 Å². The number of aldehydes is 1. The van der Waals surface area contributed by atoms with Crippen LogP contribution in [0.5, 0.6) is 5.75 Å². The van der Waals surface area contributed by atoms with E-state index in [0.717, 1.165) is 50.7 Å². The molecule has 180 valence electrons. The Bertz CT molecular complexity index is 1470. The molecule has 5 rings (SSSR count). The number of methoxy groups -OCH3 is 1. The molecule has 0 saturated heterocycles. The minimum absolute atomic E-state index is 0.495. The first-order chi connectivity index (χ1) is 17.7. The second-order valence-electron chi connectivity index (χ2n) is 8.24. The zero-order valence-corrected chi connectivity index (χ0v) is 20.6. The summed E-state index contributed by atoms with van der Waals surface area (Å²) < 4.78 is 6.37. The van der Waals surface area contributed by atoms with E-state index in [1.165, 1.54) is 5.56 Å². The summed E-state index contributed by atoms with van der Waals surface area (Å²) >= 11 is 1.54. The van der Waals surface area contributed by atoms with Gasteiger partial charge in [0.05, 0.1) is 23.0 Å². The van der Waals surface area contributed by atoms with Crippen LogP contribution in [0.15, 0.2) is 78.9 Å². The van der Waals surface area contributed by atoms with E-state index in [4.69, 9.17) is 19.7 Å². The van der Waals surface area contributed by atoms with Crippen molar-refractivity contribution in [1.82, 2.24) is 15.0 Å². The van der Waals surface area contributed by atoms with Crippen molar-refractivity contribution >= 4 is 50.4 Å².